The molecule has 5 rings (SSSR count). The van der Waals surface area contributed by atoms with Crippen LogP contribution >= 0.6 is 0 Å². The van der Waals surface area contributed by atoms with E-state index >= 15 is 0 Å². The molecule has 11 nitrogen and oxygen atoms in total. The zero-order chi connectivity index (χ0) is 25.9. The molecule has 0 unspecified atom stereocenters. The van der Waals surface area contributed by atoms with Crippen molar-refractivity contribution in [1.82, 2.24) is 24.7 Å². The van der Waals surface area contributed by atoms with E-state index in [1.165, 1.54) is 14.2 Å². The standard InChI is InChI=1S/C26H26N6O5/c1-34-18-10-17(11-19(12-18)35-2)29-26-28-14-21(16-9-20(25(33)37-4)24(36-3)27-13-16)23(30-26)32-8-7-22(31-32)15-5-6-15/h7-15H,5-6H2,1-4H3,(H,28,29,30). The molecule has 0 bridgehead atoms. The van der Waals surface area contributed by atoms with Gasteiger partial charge < -0.3 is 24.3 Å². The van der Waals surface area contributed by atoms with Crippen LogP contribution in [0.25, 0.3) is 16.9 Å². The van der Waals surface area contributed by atoms with Gasteiger partial charge in [-0.05, 0) is 25.0 Å². The van der Waals surface area contributed by atoms with Gasteiger partial charge in [-0.2, -0.15) is 10.1 Å². The van der Waals surface area contributed by atoms with Gasteiger partial charge in [-0.3, -0.25) is 0 Å². The summed E-state index contributed by atoms with van der Waals surface area (Å²) in [6.07, 6.45) is 7.38. The Labute approximate surface area is 213 Å². The molecule has 3 aromatic heterocycles. The van der Waals surface area contributed by atoms with Crippen LogP contribution in [0, 0.1) is 0 Å². The van der Waals surface area contributed by atoms with Crippen molar-refractivity contribution in [3.63, 3.8) is 0 Å². The quantitative estimate of drug-likeness (QED) is 0.334. The van der Waals surface area contributed by atoms with Crippen LogP contribution in [-0.4, -0.2) is 59.1 Å². The largest absolute Gasteiger partial charge is 0.497 e. The van der Waals surface area contributed by atoms with Crippen LogP contribution in [0.2, 0.25) is 0 Å². The van der Waals surface area contributed by atoms with E-state index < -0.39 is 5.97 Å². The van der Waals surface area contributed by atoms with Gasteiger partial charge in [0, 0.05) is 59.5 Å². The van der Waals surface area contributed by atoms with Crippen molar-refractivity contribution >= 4 is 17.6 Å². The van der Waals surface area contributed by atoms with Gasteiger partial charge in [-0.1, -0.05) is 0 Å². The highest BCUT2D eigenvalue weighted by Gasteiger charge is 2.27. The first-order valence-corrected chi connectivity index (χ1v) is 11.6. The smallest absolute Gasteiger partial charge is 0.343 e. The molecule has 190 valence electrons. The van der Waals surface area contributed by atoms with Crippen LogP contribution < -0.4 is 19.5 Å². The molecule has 1 aromatic carbocycles. The molecule has 37 heavy (non-hydrogen) atoms. The summed E-state index contributed by atoms with van der Waals surface area (Å²) in [5.41, 5.74) is 3.12. The molecule has 0 aliphatic heterocycles. The number of ether oxygens (including phenoxy) is 4. The molecular weight excluding hydrogens is 476 g/mol. The SMILES string of the molecule is COC(=O)c1cc(-c2cnc(Nc3cc(OC)cc(OC)c3)nc2-n2ccc(C3CC3)n2)cnc1OC. The zero-order valence-corrected chi connectivity index (χ0v) is 20.9. The first kappa shape index (κ1) is 24.0. The molecule has 0 atom stereocenters. The Bertz CT molecular complexity index is 1430. The fourth-order valence-electron chi connectivity index (χ4n) is 3.89. The molecule has 1 aliphatic carbocycles. The molecule has 1 saturated carbocycles. The average molecular weight is 503 g/mol. The van der Waals surface area contributed by atoms with Crippen LogP contribution in [0.4, 0.5) is 11.6 Å². The molecule has 0 saturated heterocycles. The van der Waals surface area contributed by atoms with E-state index in [0.717, 1.165) is 18.5 Å². The Balaban J connectivity index is 1.59. The Morgan fingerprint density at radius 2 is 1.73 bits per heavy atom. The number of hydrogen-bond acceptors (Lipinski definition) is 10. The third kappa shape index (κ3) is 5.01. The summed E-state index contributed by atoms with van der Waals surface area (Å²) >= 11 is 0. The Hall–Kier alpha value is -4.67. The van der Waals surface area contributed by atoms with Gasteiger partial charge in [0.05, 0.1) is 34.1 Å². The lowest BCUT2D eigenvalue weighted by Crippen LogP contribution is -2.08. The summed E-state index contributed by atoms with van der Waals surface area (Å²) in [5, 5.41) is 7.97. The van der Waals surface area contributed by atoms with E-state index in [2.05, 4.69) is 15.3 Å². The van der Waals surface area contributed by atoms with Crippen molar-refractivity contribution in [2.24, 2.45) is 0 Å². The van der Waals surface area contributed by atoms with Gasteiger partial charge in [0.2, 0.25) is 11.8 Å². The first-order chi connectivity index (χ1) is 18.0. The van der Waals surface area contributed by atoms with Crippen LogP contribution in [0.15, 0.2) is 48.9 Å². The molecule has 0 amide bonds. The summed E-state index contributed by atoms with van der Waals surface area (Å²) in [6, 6.07) is 9.05. The summed E-state index contributed by atoms with van der Waals surface area (Å²) in [7, 11) is 5.92. The van der Waals surface area contributed by atoms with Crippen molar-refractivity contribution in [3.05, 3.63) is 60.2 Å². The van der Waals surface area contributed by atoms with E-state index in [9.17, 15) is 4.79 Å². The minimum atomic E-state index is -0.561. The van der Waals surface area contributed by atoms with Gasteiger partial charge in [-0.15, -0.1) is 0 Å². The van der Waals surface area contributed by atoms with Gasteiger partial charge in [0.1, 0.15) is 17.1 Å². The Morgan fingerprint density at radius 1 is 0.973 bits per heavy atom. The molecule has 3 heterocycles. The molecule has 1 N–H and O–H groups in total. The molecule has 1 aliphatic rings. The number of carbonyl (C=O) groups is 1. The fourth-order valence-corrected chi connectivity index (χ4v) is 3.89. The molecule has 0 radical (unpaired) electrons. The highest BCUT2D eigenvalue weighted by molar-refractivity contribution is 5.93. The summed E-state index contributed by atoms with van der Waals surface area (Å²) in [6.45, 7) is 0. The number of carbonyl (C=O) groups excluding carboxylic acids is 1. The molecular formula is C26H26N6O5. The van der Waals surface area contributed by atoms with Gasteiger partial charge >= 0.3 is 5.97 Å². The molecule has 0 spiro atoms. The monoisotopic (exact) mass is 502 g/mol. The van der Waals surface area contributed by atoms with E-state index in [1.54, 1.807) is 43.4 Å². The summed E-state index contributed by atoms with van der Waals surface area (Å²) in [4.78, 5) is 26.0. The number of anilines is 2. The van der Waals surface area contributed by atoms with E-state index in [-0.39, 0.29) is 11.4 Å². The number of nitrogens with one attached hydrogen (secondary N) is 1. The topological polar surface area (TPSA) is 123 Å². The average Bonchev–Trinajstić information content (AvgIpc) is 3.68. The highest BCUT2D eigenvalue weighted by Crippen LogP contribution is 2.39. The second-order valence-electron chi connectivity index (χ2n) is 8.39. The van der Waals surface area contributed by atoms with Gasteiger partial charge in [0.25, 0.3) is 0 Å². The maximum Gasteiger partial charge on any atom is 0.343 e. The number of benzene rings is 1. The number of pyridine rings is 1. The van der Waals surface area contributed by atoms with Gasteiger partial charge in [0.15, 0.2) is 5.82 Å². The van der Waals surface area contributed by atoms with Crippen LogP contribution in [0.3, 0.4) is 0 Å². The first-order valence-electron chi connectivity index (χ1n) is 11.6. The van der Waals surface area contributed by atoms with Crippen LogP contribution in [-0.2, 0) is 4.74 Å². The van der Waals surface area contributed by atoms with E-state index in [4.69, 9.17) is 29.0 Å². The van der Waals surface area contributed by atoms with Crippen molar-refractivity contribution in [2.45, 2.75) is 18.8 Å². The summed E-state index contributed by atoms with van der Waals surface area (Å²) in [5.74, 6) is 2.18. The second-order valence-corrected chi connectivity index (χ2v) is 8.39. The maximum atomic E-state index is 12.4. The van der Waals surface area contributed by atoms with E-state index in [0.29, 0.717) is 46.0 Å². The maximum absolute atomic E-state index is 12.4. The van der Waals surface area contributed by atoms with E-state index in [1.807, 2.05) is 24.4 Å². The number of esters is 1. The molecule has 11 heteroatoms. The lowest BCUT2D eigenvalue weighted by molar-refractivity contribution is 0.0596. The third-order valence-corrected chi connectivity index (χ3v) is 5.96. The van der Waals surface area contributed by atoms with Gasteiger partial charge in [-0.25, -0.2) is 19.4 Å². The number of hydrogen-bond donors (Lipinski definition) is 1. The fraction of sp³-hybridized carbons (Fsp3) is 0.269. The minimum absolute atomic E-state index is 0.165. The van der Waals surface area contributed by atoms with Crippen LogP contribution in [0.1, 0.15) is 34.8 Å². The third-order valence-electron chi connectivity index (χ3n) is 5.96. The Kier molecular flexibility index (Phi) is 6.59. The number of methoxy groups -OCH3 is 4. The second kappa shape index (κ2) is 10.1. The normalized spacial score (nSPS) is 12.6. The lowest BCUT2D eigenvalue weighted by Gasteiger charge is -2.14. The zero-order valence-electron chi connectivity index (χ0n) is 20.9. The van der Waals surface area contributed by atoms with Crippen molar-refractivity contribution < 1.29 is 23.7 Å². The number of nitrogens with zero attached hydrogens (tertiary/aromatic N) is 5. The van der Waals surface area contributed by atoms with Crippen molar-refractivity contribution in [3.8, 4) is 34.3 Å². The van der Waals surface area contributed by atoms with Crippen LogP contribution in [0.5, 0.6) is 17.4 Å². The predicted molar refractivity (Wildman–Crippen MR) is 135 cm³/mol. The number of aromatic nitrogens is 5. The lowest BCUT2D eigenvalue weighted by atomic mass is 10.1. The summed E-state index contributed by atoms with van der Waals surface area (Å²) < 4.78 is 22.6. The molecule has 4 aromatic rings. The minimum Gasteiger partial charge on any atom is -0.497 e. The highest BCUT2D eigenvalue weighted by atomic mass is 16.5. The number of rotatable bonds is 9. The van der Waals surface area contributed by atoms with Crippen molar-refractivity contribution in [2.75, 3.05) is 33.8 Å². The predicted octanol–water partition coefficient (Wildman–Crippen LogP) is 4.16. The van der Waals surface area contributed by atoms with Crippen molar-refractivity contribution in [1.29, 1.82) is 0 Å². The Morgan fingerprint density at radius 3 is 2.38 bits per heavy atom. The molecule has 1 fully saturated rings.